The number of nitrogens with one attached hydrogen (secondary N) is 1. The summed E-state index contributed by atoms with van der Waals surface area (Å²) >= 11 is 1.13. The topological polar surface area (TPSA) is 68.3 Å². The number of ether oxygens (including phenoxy) is 1. The van der Waals surface area contributed by atoms with Crippen molar-refractivity contribution in [1.82, 2.24) is 4.98 Å². The van der Waals surface area contributed by atoms with E-state index >= 15 is 0 Å². The molecule has 0 aliphatic carbocycles. The number of aryl methyl sites for hydroxylation is 2. The molecule has 2 aromatic rings. The Bertz CT molecular complexity index is 692. The summed E-state index contributed by atoms with van der Waals surface area (Å²) in [7, 11) is 0. The third-order valence-electron chi connectivity index (χ3n) is 3.30. The predicted molar refractivity (Wildman–Crippen MR) is 91.0 cm³/mol. The summed E-state index contributed by atoms with van der Waals surface area (Å²) in [5.41, 5.74) is 2.75. The van der Waals surface area contributed by atoms with Gasteiger partial charge < -0.3 is 10.1 Å². The molecule has 0 radical (unpaired) electrons. The van der Waals surface area contributed by atoms with Gasteiger partial charge in [-0.25, -0.2) is 9.78 Å². The summed E-state index contributed by atoms with van der Waals surface area (Å²) in [5, 5.41) is 3.16. The molecule has 0 fully saturated rings. The van der Waals surface area contributed by atoms with E-state index in [9.17, 15) is 9.59 Å². The average molecular weight is 332 g/mol. The molecule has 2 rings (SSSR count). The second kappa shape index (κ2) is 7.87. The van der Waals surface area contributed by atoms with Crippen LogP contribution in [0.25, 0.3) is 0 Å². The second-order valence-corrected chi connectivity index (χ2v) is 6.05. The molecule has 0 aliphatic heterocycles. The number of hydrogen-bond donors (Lipinski definition) is 1. The molecule has 23 heavy (non-hydrogen) atoms. The molecule has 5 nitrogen and oxygen atoms in total. The lowest BCUT2D eigenvalue weighted by Crippen LogP contribution is -2.14. The van der Waals surface area contributed by atoms with Crippen molar-refractivity contribution in [3.63, 3.8) is 0 Å². The summed E-state index contributed by atoms with van der Waals surface area (Å²) in [5.74, 6) is -0.559. The van der Waals surface area contributed by atoms with E-state index in [1.165, 1.54) is 5.56 Å². The third-order valence-corrected chi connectivity index (χ3v) is 4.35. The summed E-state index contributed by atoms with van der Waals surface area (Å²) in [4.78, 5) is 28.5. The molecule has 0 unspecified atom stereocenters. The fourth-order valence-electron chi connectivity index (χ4n) is 2.08. The van der Waals surface area contributed by atoms with Crippen molar-refractivity contribution in [2.45, 2.75) is 33.6 Å². The molecule has 0 spiro atoms. The van der Waals surface area contributed by atoms with Gasteiger partial charge in [0.25, 0.3) is 0 Å². The van der Waals surface area contributed by atoms with Crippen molar-refractivity contribution in [2.75, 3.05) is 11.9 Å². The van der Waals surface area contributed by atoms with E-state index in [1.807, 2.05) is 24.3 Å². The van der Waals surface area contributed by atoms with Gasteiger partial charge in [0.15, 0.2) is 5.13 Å². The van der Waals surface area contributed by atoms with E-state index in [1.54, 1.807) is 13.8 Å². The van der Waals surface area contributed by atoms with E-state index in [4.69, 9.17) is 4.74 Å². The number of thiazole rings is 1. The lowest BCUT2D eigenvalue weighted by atomic mass is 10.1. The second-order valence-electron chi connectivity index (χ2n) is 5.05. The number of carbonyl (C=O) groups is 2. The maximum atomic E-state index is 12.1. The Morgan fingerprint density at radius 2 is 1.83 bits per heavy atom. The van der Waals surface area contributed by atoms with E-state index in [-0.39, 0.29) is 12.3 Å². The minimum atomic E-state index is -0.404. The molecular weight excluding hydrogens is 312 g/mol. The van der Waals surface area contributed by atoms with Gasteiger partial charge in [-0.2, -0.15) is 0 Å². The van der Waals surface area contributed by atoms with Crippen molar-refractivity contribution in [1.29, 1.82) is 0 Å². The van der Waals surface area contributed by atoms with Crippen molar-refractivity contribution in [2.24, 2.45) is 0 Å². The van der Waals surface area contributed by atoms with Gasteiger partial charge in [-0.15, -0.1) is 0 Å². The largest absolute Gasteiger partial charge is 0.462 e. The normalized spacial score (nSPS) is 10.4. The van der Waals surface area contributed by atoms with Crippen molar-refractivity contribution in [3.05, 3.63) is 46.0 Å². The molecule has 1 N–H and O–H groups in total. The van der Waals surface area contributed by atoms with Crippen LogP contribution in [0.4, 0.5) is 5.13 Å². The number of nitrogens with zero attached hydrogens (tertiary/aromatic N) is 1. The number of amides is 1. The zero-order valence-corrected chi connectivity index (χ0v) is 14.3. The van der Waals surface area contributed by atoms with Gasteiger partial charge in [-0.05, 0) is 31.4 Å². The zero-order chi connectivity index (χ0) is 16.8. The van der Waals surface area contributed by atoms with Crippen LogP contribution in [0.5, 0.6) is 0 Å². The van der Waals surface area contributed by atoms with Crippen LogP contribution in [0, 0.1) is 6.92 Å². The molecule has 0 aliphatic rings. The first kappa shape index (κ1) is 17.1. The molecule has 0 saturated carbocycles. The van der Waals surface area contributed by atoms with Gasteiger partial charge in [0, 0.05) is 0 Å². The first-order chi connectivity index (χ1) is 11.0. The van der Waals surface area contributed by atoms with Crippen LogP contribution in [-0.4, -0.2) is 23.5 Å². The molecule has 122 valence electrons. The van der Waals surface area contributed by atoms with Gasteiger partial charge >= 0.3 is 5.97 Å². The van der Waals surface area contributed by atoms with Gasteiger partial charge in [-0.3, -0.25) is 4.79 Å². The number of anilines is 1. The molecule has 1 aromatic carbocycles. The number of hydrogen-bond acceptors (Lipinski definition) is 5. The van der Waals surface area contributed by atoms with Gasteiger partial charge in [0.1, 0.15) is 4.88 Å². The molecule has 0 saturated heterocycles. The van der Waals surface area contributed by atoms with E-state index in [0.29, 0.717) is 22.3 Å². The highest BCUT2D eigenvalue weighted by molar-refractivity contribution is 7.17. The third kappa shape index (κ3) is 4.63. The van der Waals surface area contributed by atoms with Crippen LogP contribution in [0.2, 0.25) is 0 Å². The highest BCUT2D eigenvalue weighted by atomic mass is 32.1. The Labute approximate surface area is 139 Å². The minimum absolute atomic E-state index is 0.154. The highest BCUT2D eigenvalue weighted by Gasteiger charge is 2.17. The summed E-state index contributed by atoms with van der Waals surface area (Å²) < 4.78 is 4.96. The fraction of sp³-hybridized carbons (Fsp3) is 0.353. The first-order valence-electron chi connectivity index (χ1n) is 7.55. The molecule has 1 heterocycles. The SMILES string of the molecule is CCOC(=O)c1sc(NC(=O)Cc2ccc(CC)cc2)nc1C. The first-order valence-corrected chi connectivity index (χ1v) is 8.37. The Hall–Kier alpha value is -2.21. The fourth-order valence-corrected chi connectivity index (χ4v) is 2.95. The summed E-state index contributed by atoms with van der Waals surface area (Å²) in [6.07, 6.45) is 1.25. The molecular formula is C17H20N2O3S. The molecule has 0 bridgehead atoms. The van der Waals surface area contributed by atoms with Crippen LogP contribution < -0.4 is 5.32 Å². The molecule has 1 amide bonds. The summed E-state index contributed by atoms with van der Waals surface area (Å²) in [6.45, 7) is 5.88. The standard InChI is InChI=1S/C17H20N2O3S/c1-4-12-6-8-13(9-7-12)10-14(20)19-17-18-11(3)15(23-17)16(21)22-5-2/h6-9H,4-5,10H2,1-3H3,(H,18,19,20). The Morgan fingerprint density at radius 1 is 1.17 bits per heavy atom. The highest BCUT2D eigenvalue weighted by Crippen LogP contribution is 2.23. The number of benzene rings is 1. The monoisotopic (exact) mass is 332 g/mol. The van der Waals surface area contributed by atoms with Gasteiger partial charge in [0.05, 0.1) is 18.7 Å². The number of aromatic nitrogens is 1. The molecule has 6 heteroatoms. The van der Waals surface area contributed by atoms with Gasteiger partial charge in [-0.1, -0.05) is 42.5 Å². The van der Waals surface area contributed by atoms with E-state index < -0.39 is 5.97 Å². The maximum absolute atomic E-state index is 12.1. The van der Waals surface area contributed by atoms with E-state index in [2.05, 4.69) is 17.2 Å². The number of rotatable bonds is 6. The Balaban J connectivity index is 1.99. The average Bonchev–Trinajstić information content (AvgIpc) is 2.88. The van der Waals surface area contributed by atoms with Crippen LogP contribution in [0.3, 0.4) is 0 Å². The van der Waals surface area contributed by atoms with Gasteiger partial charge in [0.2, 0.25) is 5.91 Å². The lowest BCUT2D eigenvalue weighted by Gasteiger charge is -2.03. The number of carbonyl (C=O) groups excluding carboxylic acids is 2. The van der Waals surface area contributed by atoms with E-state index in [0.717, 1.165) is 23.3 Å². The molecule has 0 atom stereocenters. The van der Waals surface area contributed by atoms with Crippen LogP contribution in [0.1, 0.15) is 40.3 Å². The Morgan fingerprint density at radius 3 is 2.43 bits per heavy atom. The van der Waals surface area contributed by atoms with Crippen LogP contribution in [0.15, 0.2) is 24.3 Å². The predicted octanol–water partition coefficient (Wildman–Crippen LogP) is 3.37. The zero-order valence-electron chi connectivity index (χ0n) is 13.5. The maximum Gasteiger partial charge on any atom is 0.350 e. The number of esters is 1. The lowest BCUT2D eigenvalue weighted by molar-refractivity contribution is -0.115. The van der Waals surface area contributed by atoms with Crippen LogP contribution >= 0.6 is 11.3 Å². The summed E-state index contributed by atoms with van der Waals surface area (Å²) in [6, 6.07) is 7.95. The van der Waals surface area contributed by atoms with Crippen molar-refractivity contribution < 1.29 is 14.3 Å². The molecule has 1 aromatic heterocycles. The van der Waals surface area contributed by atoms with Crippen molar-refractivity contribution in [3.8, 4) is 0 Å². The minimum Gasteiger partial charge on any atom is -0.462 e. The smallest absolute Gasteiger partial charge is 0.350 e. The van der Waals surface area contributed by atoms with Crippen molar-refractivity contribution >= 4 is 28.3 Å². The quantitative estimate of drug-likeness (QED) is 0.824. The van der Waals surface area contributed by atoms with Crippen LogP contribution in [-0.2, 0) is 22.4 Å². The Kier molecular flexibility index (Phi) is 5.87.